The van der Waals surface area contributed by atoms with Gasteiger partial charge >= 0.3 is 0 Å². The molecule has 1 N–H and O–H groups in total. The number of carbonyl (C=O) groups excluding carboxylic acids is 1. The summed E-state index contributed by atoms with van der Waals surface area (Å²) in [5.41, 5.74) is 1.30. The van der Waals surface area contributed by atoms with E-state index < -0.39 is 11.7 Å². The van der Waals surface area contributed by atoms with Crippen LogP contribution in [0.2, 0.25) is 0 Å². The molecular weight excluding hydrogens is 361 g/mol. The molecule has 122 valence electrons. The smallest absolute Gasteiger partial charge is 0.254 e. The molecule has 0 aliphatic carbocycles. The number of hydrogen-bond acceptors (Lipinski definition) is 2. The molecule has 0 aliphatic rings. The molecule has 0 spiro atoms. The van der Waals surface area contributed by atoms with E-state index in [1.165, 1.54) is 17.7 Å². The van der Waals surface area contributed by atoms with Crippen LogP contribution in [0.15, 0.2) is 53.0 Å². The lowest BCUT2D eigenvalue weighted by molar-refractivity contribution is 0.0938. The third-order valence-corrected chi connectivity index (χ3v) is 3.80. The van der Waals surface area contributed by atoms with Crippen LogP contribution < -0.4 is 5.32 Å². The Kier molecular flexibility index (Phi) is 7.23. The molecule has 0 aromatic heterocycles. The lowest BCUT2D eigenvalue weighted by atomic mass is 10.2. The molecule has 5 heteroatoms. The van der Waals surface area contributed by atoms with Crippen LogP contribution in [0.25, 0.3) is 0 Å². The second-order valence-electron chi connectivity index (χ2n) is 5.08. The molecule has 2 aromatic carbocycles. The Balaban J connectivity index is 1.59. The molecule has 0 bridgehead atoms. The second kappa shape index (κ2) is 9.43. The van der Waals surface area contributed by atoms with Crippen LogP contribution in [-0.2, 0) is 11.2 Å². The first-order chi connectivity index (χ1) is 11.2. The number of benzene rings is 2. The first kappa shape index (κ1) is 17.6. The quantitative estimate of drug-likeness (QED) is 0.704. The molecule has 1 amide bonds. The fourth-order valence-corrected chi connectivity index (χ4v) is 2.41. The molecular formula is C18H19BrFNO2. The van der Waals surface area contributed by atoms with Gasteiger partial charge in [-0.3, -0.25) is 4.79 Å². The summed E-state index contributed by atoms with van der Waals surface area (Å²) in [5.74, 6) is -0.935. The Hall–Kier alpha value is -1.72. The number of amides is 1. The molecule has 0 fully saturated rings. The minimum atomic E-state index is -0.531. The highest BCUT2D eigenvalue weighted by atomic mass is 79.9. The summed E-state index contributed by atoms with van der Waals surface area (Å²) in [5, 5.41) is 2.69. The van der Waals surface area contributed by atoms with Gasteiger partial charge in [-0.25, -0.2) is 4.39 Å². The number of nitrogens with one attached hydrogen (secondary N) is 1. The van der Waals surface area contributed by atoms with Crippen LogP contribution in [-0.4, -0.2) is 25.7 Å². The van der Waals surface area contributed by atoms with Gasteiger partial charge in [-0.2, -0.15) is 0 Å². The Morgan fingerprint density at radius 3 is 2.65 bits per heavy atom. The highest BCUT2D eigenvalue weighted by Gasteiger charge is 2.10. The molecule has 2 rings (SSSR count). The van der Waals surface area contributed by atoms with Gasteiger partial charge in [0.15, 0.2) is 0 Å². The highest BCUT2D eigenvalue weighted by Crippen LogP contribution is 2.15. The Labute approximate surface area is 144 Å². The van der Waals surface area contributed by atoms with E-state index in [9.17, 15) is 9.18 Å². The molecule has 0 radical (unpaired) electrons. The average molecular weight is 380 g/mol. The van der Waals surface area contributed by atoms with Gasteiger partial charge in [-0.1, -0.05) is 46.3 Å². The Morgan fingerprint density at radius 1 is 1.13 bits per heavy atom. The molecule has 3 nitrogen and oxygen atoms in total. The lowest BCUT2D eigenvalue weighted by Crippen LogP contribution is -2.26. The fourth-order valence-electron chi connectivity index (χ4n) is 2.08. The van der Waals surface area contributed by atoms with Crippen molar-refractivity contribution in [2.45, 2.75) is 12.8 Å². The third kappa shape index (κ3) is 6.12. The SMILES string of the molecule is O=C(NCCCOCCc1ccccc1)c1ccc(Br)cc1F. The lowest BCUT2D eigenvalue weighted by Gasteiger charge is -2.07. The van der Waals surface area contributed by atoms with E-state index in [2.05, 4.69) is 33.4 Å². The fraction of sp³-hybridized carbons (Fsp3) is 0.278. The number of hydrogen-bond donors (Lipinski definition) is 1. The predicted octanol–water partition coefficient (Wildman–Crippen LogP) is 3.97. The highest BCUT2D eigenvalue weighted by molar-refractivity contribution is 9.10. The molecule has 2 aromatic rings. The van der Waals surface area contributed by atoms with Crippen molar-refractivity contribution >= 4 is 21.8 Å². The van der Waals surface area contributed by atoms with Gasteiger partial charge in [-0.15, -0.1) is 0 Å². The van der Waals surface area contributed by atoms with Gasteiger partial charge in [0, 0.05) is 17.6 Å². The van der Waals surface area contributed by atoms with E-state index >= 15 is 0 Å². The minimum absolute atomic E-state index is 0.0539. The van der Waals surface area contributed by atoms with E-state index in [0.29, 0.717) is 30.7 Å². The maximum atomic E-state index is 13.6. The molecule has 0 saturated carbocycles. The van der Waals surface area contributed by atoms with Crippen molar-refractivity contribution in [3.05, 3.63) is 69.9 Å². The number of carbonyl (C=O) groups is 1. The van der Waals surface area contributed by atoms with Crippen LogP contribution in [0.1, 0.15) is 22.3 Å². The second-order valence-corrected chi connectivity index (χ2v) is 6.00. The average Bonchev–Trinajstić information content (AvgIpc) is 2.54. The zero-order valence-electron chi connectivity index (χ0n) is 12.7. The van der Waals surface area contributed by atoms with Gasteiger partial charge in [0.05, 0.1) is 12.2 Å². The van der Waals surface area contributed by atoms with Crippen molar-refractivity contribution in [2.24, 2.45) is 0 Å². The van der Waals surface area contributed by atoms with E-state index in [0.717, 1.165) is 6.42 Å². The summed E-state index contributed by atoms with van der Waals surface area (Å²) in [7, 11) is 0. The molecule has 0 aliphatic heterocycles. The molecule has 0 unspecified atom stereocenters. The van der Waals surface area contributed by atoms with Crippen LogP contribution in [0.4, 0.5) is 4.39 Å². The van der Waals surface area contributed by atoms with E-state index in [4.69, 9.17) is 4.74 Å². The zero-order valence-corrected chi connectivity index (χ0v) is 14.3. The van der Waals surface area contributed by atoms with Crippen LogP contribution in [0.3, 0.4) is 0 Å². The van der Waals surface area contributed by atoms with Crippen molar-refractivity contribution in [2.75, 3.05) is 19.8 Å². The summed E-state index contributed by atoms with van der Waals surface area (Å²) in [6.45, 7) is 1.68. The monoisotopic (exact) mass is 379 g/mol. The molecule has 0 heterocycles. The summed E-state index contributed by atoms with van der Waals surface area (Å²) in [6, 6.07) is 14.5. The number of ether oxygens (including phenoxy) is 1. The predicted molar refractivity (Wildman–Crippen MR) is 92.0 cm³/mol. The minimum Gasteiger partial charge on any atom is -0.381 e. The van der Waals surface area contributed by atoms with Crippen LogP contribution in [0.5, 0.6) is 0 Å². The normalized spacial score (nSPS) is 10.5. The van der Waals surface area contributed by atoms with E-state index in [1.54, 1.807) is 6.07 Å². The number of halogens is 2. The summed E-state index contributed by atoms with van der Waals surface area (Å²) in [4.78, 5) is 11.8. The maximum absolute atomic E-state index is 13.6. The standard InChI is InChI=1S/C18H19BrFNO2/c19-15-7-8-16(17(20)13-15)18(22)21-10-4-11-23-12-9-14-5-2-1-3-6-14/h1-3,5-8,13H,4,9-12H2,(H,21,22). The van der Waals surface area contributed by atoms with Gasteiger partial charge in [0.2, 0.25) is 0 Å². The van der Waals surface area contributed by atoms with Crippen molar-refractivity contribution < 1.29 is 13.9 Å². The van der Waals surface area contributed by atoms with Gasteiger partial charge in [0.1, 0.15) is 5.82 Å². The molecule has 0 saturated heterocycles. The van der Waals surface area contributed by atoms with Crippen molar-refractivity contribution in [3.8, 4) is 0 Å². The third-order valence-electron chi connectivity index (χ3n) is 3.30. The summed E-state index contributed by atoms with van der Waals surface area (Å²) >= 11 is 3.16. The van der Waals surface area contributed by atoms with Crippen molar-refractivity contribution in [3.63, 3.8) is 0 Å². The van der Waals surface area contributed by atoms with E-state index in [-0.39, 0.29) is 5.56 Å². The van der Waals surface area contributed by atoms with Crippen molar-refractivity contribution in [1.82, 2.24) is 5.32 Å². The maximum Gasteiger partial charge on any atom is 0.254 e. The van der Waals surface area contributed by atoms with Crippen LogP contribution in [0, 0.1) is 5.82 Å². The van der Waals surface area contributed by atoms with Gasteiger partial charge < -0.3 is 10.1 Å². The Bertz CT molecular complexity index is 634. The summed E-state index contributed by atoms with van der Waals surface area (Å²) < 4.78 is 19.8. The molecule has 23 heavy (non-hydrogen) atoms. The van der Waals surface area contributed by atoms with E-state index in [1.807, 2.05) is 18.2 Å². The van der Waals surface area contributed by atoms with Gasteiger partial charge in [0.25, 0.3) is 5.91 Å². The Morgan fingerprint density at radius 2 is 1.91 bits per heavy atom. The van der Waals surface area contributed by atoms with Gasteiger partial charge in [-0.05, 0) is 36.6 Å². The first-order valence-electron chi connectivity index (χ1n) is 7.52. The zero-order chi connectivity index (χ0) is 16.5. The largest absolute Gasteiger partial charge is 0.381 e. The molecule has 0 atom stereocenters. The number of rotatable bonds is 8. The van der Waals surface area contributed by atoms with Crippen molar-refractivity contribution in [1.29, 1.82) is 0 Å². The summed E-state index contributed by atoms with van der Waals surface area (Å²) in [6.07, 6.45) is 1.57. The van der Waals surface area contributed by atoms with Crippen LogP contribution >= 0.6 is 15.9 Å². The first-order valence-corrected chi connectivity index (χ1v) is 8.31. The topological polar surface area (TPSA) is 38.3 Å².